The van der Waals surface area contributed by atoms with Crippen LogP contribution >= 0.6 is 0 Å². The first kappa shape index (κ1) is 16.4. The summed E-state index contributed by atoms with van der Waals surface area (Å²) in [6.45, 7) is 1.73. The van der Waals surface area contributed by atoms with Crippen LogP contribution in [0.2, 0.25) is 0 Å². The van der Waals surface area contributed by atoms with E-state index in [2.05, 4.69) is 10.0 Å². The van der Waals surface area contributed by atoms with Gasteiger partial charge in [0.2, 0.25) is 10.0 Å². The maximum atomic E-state index is 12.1. The van der Waals surface area contributed by atoms with Gasteiger partial charge in [0, 0.05) is 12.1 Å². The minimum atomic E-state index is -3.66. The molecule has 1 aliphatic carbocycles. The summed E-state index contributed by atoms with van der Waals surface area (Å²) in [6.07, 6.45) is 2.05. The lowest BCUT2D eigenvalue weighted by Gasteiger charge is -2.11. The summed E-state index contributed by atoms with van der Waals surface area (Å²) in [7, 11) is -3.66. The fourth-order valence-corrected chi connectivity index (χ4v) is 2.94. The number of aliphatic carboxylic acids is 1. The van der Waals surface area contributed by atoms with Gasteiger partial charge in [-0.2, -0.15) is 0 Å². The highest BCUT2D eigenvalue weighted by Crippen LogP contribution is 2.28. The van der Waals surface area contributed by atoms with Gasteiger partial charge in [0.15, 0.2) is 0 Å². The van der Waals surface area contributed by atoms with Crippen molar-refractivity contribution in [3.8, 4) is 0 Å². The molecule has 0 saturated heterocycles. The number of carboxylic acids is 1. The highest BCUT2D eigenvalue weighted by Gasteiger charge is 2.25. The van der Waals surface area contributed by atoms with Crippen LogP contribution in [-0.2, 0) is 14.8 Å². The van der Waals surface area contributed by atoms with Gasteiger partial charge in [0.05, 0.1) is 4.90 Å². The average molecular weight is 326 g/mol. The van der Waals surface area contributed by atoms with E-state index in [-0.39, 0.29) is 10.5 Å². The molecule has 0 bridgehead atoms. The average Bonchev–Trinajstić information content (AvgIpc) is 3.29. The predicted molar refractivity (Wildman–Crippen MR) is 78.9 cm³/mol. The summed E-state index contributed by atoms with van der Waals surface area (Å²) in [6, 6.07) is 4.46. The van der Waals surface area contributed by atoms with E-state index in [1.54, 1.807) is 0 Å². The van der Waals surface area contributed by atoms with Crippen LogP contribution in [0.1, 0.15) is 30.1 Å². The van der Waals surface area contributed by atoms with Crippen molar-refractivity contribution in [2.24, 2.45) is 5.92 Å². The van der Waals surface area contributed by atoms with Crippen molar-refractivity contribution in [3.05, 3.63) is 29.8 Å². The Kier molecular flexibility index (Phi) is 4.82. The number of sulfonamides is 1. The van der Waals surface area contributed by atoms with Crippen LogP contribution in [0.3, 0.4) is 0 Å². The second-order valence-electron chi connectivity index (χ2n) is 5.36. The lowest BCUT2D eigenvalue weighted by molar-refractivity contribution is -0.138. The first-order chi connectivity index (χ1) is 10.3. The zero-order chi connectivity index (χ0) is 16.3. The molecule has 3 N–H and O–H groups in total. The molecule has 0 aliphatic heterocycles. The number of rotatable bonds is 7. The summed E-state index contributed by atoms with van der Waals surface area (Å²) in [5, 5.41) is 11.0. The summed E-state index contributed by atoms with van der Waals surface area (Å²) in [5.74, 6) is -1.39. The summed E-state index contributed by atoms with van der Waals surface area (Å²) >= 11 is 0. The highest BCUT2D eigenvalue weighted by atomic mass is 32.2. The molecule has 22 heavy (non-hydrogen) atoms. The summed E-state index contributed by atoms with van der Waals surface area (Å²) < 4.78 is 26.8. The third-order valence-corrected chi connectivity index (χ3v) is 4.80. The Bertz CT molecular complexity index is 682. The van der Waals surface area contributed by atoms with Crippen molar-refractivity contribution in [2.75, 3.05) is 6.54 Å². The largest absolute Gasteiger partial charge is 0.480 e. The molecule has 0 aromatic heterocycles. The molecular formula is C14H18N2O5S. The third-order valence-electron chi connectivity index (χ3n) is 3.38. The van der Waals surface area contributed by atoms with Crippen molar-refractivity contribution in [1.82, 2.24) is 10.0 Å². The number of nitrogens with one attached hydrogen (secondary N) is 2. The van der Waals surface area contributed by atoms with E-state index < -0.39 is 27.9 Å². The Hall–Kier alpha value is -1.93. The van der Waals surface area contributed by atoms with Gasteiger partial charge in [-0.25, -0.2) is 13.1 Å². The Morgan fingerprint density at radius 3 is 2.64 bits per heavy atom. The van der Waals surface area contributed by atoms with Gasteiger partial charge in [-0.15, -0.1) is 0 Å². The van der Waals surface area contributed by atoms with Crippen molar-refractivity contribution in [2.45, 2.75) is 30.7 Å². The van der Waals surface area contributed by atoms with Crippen molar-refractivity contribution < 1.29 is 23.1 Å². The predicted octanol–water partition coefficient (Wildman–Crippen LogP) is 0.578. The van der Waals surface area contributed by atoms with Gasteiger partial charge in [-0.3, -0.25) is 9.59 Å². The second-order valence-corrected chi connectivity index (χ2v) is 7.12. The molecule has 7 nitrogen and oxygen atoms in total. The lowest BCUT2D eigenvalue weighted by atomic mass is 10.2. The number of carboxylic acid groups (broad SMARTS) is 1. The van der Waals surface area contributed by atoms with Gasteiger partial charge in [0.25, 0.3) is 5.91 Å². The molecule has 1 aromatic rings. The third kappa shape index (κ3) is 4.28. The molecule has 2 rings (SSSR count). The van der Waals surface area contributed by atoms with E-state index in [0.717, 1.165) is 12.8 Å². The number of benzene rings is 1. The van der Waals surface area contributed by atoms with E-state index >= 15 is 0 Å². The molecule has 120 valence electrons. The smallest absolute Gasteiger partial charge is 0.325 e. The number of hydrogen-bond acceptors (Lipinski definition) is 4. The van der Waals surface area contributed by atoms with Crippen LogP contribution in [0.4, 0.5) is 0 Å². The van der Waals surface area contributed by atoms with Crippen LogP contribution in [-0.4, -0.2) is 38.0 Å². The molecule has 1 fully saturated rings. The number of hydrogen-bond donors (Lipinski definition) is 3. The van der Waals surface area contributed by atoms with Crippen molar-refractivity contribution in [1.29, 1.82) is 0 Å². The molecule has 0 radical (unpaired) electrons. The van der Waals surface area contributed by atoms with Crippen LogP contribution in [0.5, 0.6) is 0 Å². The molecule has 8 heteroatoms. The van der Waals surface area contributed by atoms with E-state index in [1.807, 2.05) is 0 Å². The lowest BCUT2D eigenvalue weighted by Crippen LogP contribution is -2.38. The van der Waals surface area contributed by atoms with Crippen LogP contribution in [0.15, 0.2) is 29.2 Å². The highest BCUT2D eigenvalue weighted by molar-refractivity contribution is 7.89. The zero-order valence-corrected chi connectivity index (χ0v) is 12.9. The number of carbonyl (C=O) groups is 2. The molecule has 1 aliphatic rings. The fourth-order valence-electron chi connectivity index (χ4n) is 1.78. The minimum absolute atomic E-state index is 0.0104. The molecule has 0 heterocycles. The second kappa shape index (κ2) is 6.45. The maximum absolute atomic E-state index is 12.1. The summed E-state index contributed by atoms with van der Waals surface area (Å²) in [5.41, 5.74) is 0.0994. The SMILES string of the molecule is CC(NC(=O)c1cccc(S(=O)(=O)NCC2CC2)c1)C(=O)O. The molecule has 1 amide bonds. The number of carbonyl (C=O) groups excluding carboxylic acids is 1. The van der Waals surface area contributed by atoms with Crippen molar-refractivity contribution in [3.63, 3.8) is 0 Å². The quantitative estimate of drug-likeness (QED) is 0.678. The minimum Gasteiger partial charge on any atom is -0.480 e. The van der Waals surface area contributed by atoms with Gasteiger partial charge in [-0.1, -0.05) is 6.07 Å². The maximum Gasteiger partial charge on any atom is 0.325 e. The molecule has 0 spiro atoms. The Balaban J connectivity index is 2.11. The Labute approximate surface area is 128 Å². The van der Waals surface area contributed by atoms with Crippen LogP contribution in [0.25, 0.3) is 0 Å². The topological polar surface area (TPSA) is 113 Å². The Morgan fingerprint density at radius 1 is 1.36 bits per heavy atom. The van der Waals surface area contributed by atoms with Crippen molar-refractivity contribution >= 4 is 21.9 Å². The monoisotopic (exact) mass is 326 g/mol. The normalized spacial score (nSPS) is 16.0. The van der Waals surface area contributed by atoms with Gasteiger partial charge in [-0.05, 0) is 43.9 Å². The first-order valence-corrected chi connectivity index (χ1v) is 8.41. The molecule has 1 saturated carbocycles. The van der Waals surface area contributed by atoms with Gasteiger partial charge < -0.3 is 10.4 Å². The zero-order valence-electron chi connectivity index (χ0n) is 12.1. The standard InChI is InChI=1S/C14H18N2O5S/c1-9(14(18)19)16-13(17)11-3-2-4-12(7-11)22(20,21)15-8-10-5-6-10/h2-4,7,9-10,15H,5-6,8H2,1H3,(H,16,17)(H,18,19). The number of amides is 1. The van der Waals surface area contributed by atoms with E-state index in [9.17, 15) is 18.0 Å². The summed E-state index contributed by atoms with van der Waals surface area (Å²) in [4.78, 5) is 22.6. The van der Waals surface area contributed by atoms with Crippen LogP contribution < -0.4 is 10.0 Å². The fraction of sp³-hybridized carbons (Fsp3) is 0.429. The van der Waals surface area contributed by atoms with E-state index in [1.165, 1.54) is 31.2 Å². The molecule has 1 unspecified atom stereocenters. The molecule has 1 atom stereocenters. The molecule has 1 aromatic carbocycles. The van der Waals surface area contributed by atoms with E-state index in [0.29, 0.717) is 12.5 Å². The first-order valence-electron chi connectivity index (χ1n) is 6.93. The van der Waals surface area contributed by atoms with E-state index in [4.69, 9.17) is 5.11 Å². The Morgan fingerprint density at radius 2 is 2.05 bits per heavy atom. The molecular weight excluding hydrogens is 308 g/mol. The van der Waals surface area contributed by atoms with Crippen LogP contribution in [0, 0.1) is 5.92 Å². The van der Waals surface area contributed by atoms with Gasteiger partial charge in [0.1, 0.15) is 6.04 Å². The van der Waals surface area contributed by atoms with Gasteiger partial charge >= 0.3 is 5.97 Å².